The molecule has 0 spiro atoms. The standard InChI is InChI=1S/C26H31N5O4/c1-17(2)31-25-20(16-28-31)19(26(33)27-9-8-24(32)30-10-4-3-5-11-30)15-21(29-25)18-6-7-22-23(14-18)35-13-12-34-22/h6-7,14-17H,3-5,8-13H2,1-2H3,(H,27,33). The van der Waals surface area contributed by atoms with Crippen LogP contribution in [0.2, 0.25) is 0 Å². The number of rotatable bonds is 6. The summed E-state index contributed by atoms with van der Waals surface area (Å²) in [5.74, 6) is 1.21. The Hall–Kier alpha value is -3.62. The number of fused-ring (bicyclic) bond motifs is 2. The molecule has 3 aromatic rings. The average molecular weight is 478 g/mol. The molecule has 0 radical (unpaired) electrons. The number of pyridine rings is 1. The minimum absolute atomic E-state index is 0.0774. The summed E-state index contributed by atoms with van der Waals surface area (Å²) < 4.78 is 13.2. The van der Waals surface area contributed by atoms with Crippen LogP contribution in [0.5, 0.6) is 11.5 Å². The first-order valence-electron chi connectivity index (χ1n) is 12.4. The molecule has 1 saturated heterocycles. The molecule has 184 valence electrons. The molecular weight excluding hydrogens is 446 g/mol. The smallest absolute Gasteiger partial charge is 0.252 e. The van der Waals surface area contributed by atoms with Crippen molar-refractivity contribution in [2.45, 2.75) is 45.6 Å². The van der Waals surface area contributed by atoms with Crippen LogP contribution in [-0.2, 0) is 4.79 Å². The third-order valence-electron chi connectivity index (χ3n) is 6.47. The Labute approximate surface area is 204 Å². The molecule has 35 heavy (non-hydrogen) atoms. The highest BCUT2D eigenvalue weighted by molar-refractivity contribution is 6.06. The summed E-state index contributed by atoms with van der Waals surface area (Å²) in [5.41, 5.74) is 2.59. The Kier molecular flexibility index (Phi) is 6.57. The van der Waals surface area contributed by atoms with Gasteiger partial charge in [-0.2, -0.15) is 5.10 Å². The molecule has 0 saturated carbocycles. The molecular formula is C26H31N5O4. The van der Waals surface area contributed by atoms with Crippen molar-refractivity contribution >= 4 is 22.8 Å². The van der Waals surface area contributed by atoms with Crippen molar-refractivity contribution in [2.24, 2.45) is 0 Å². The van der Waals surface area contributed by atoms with Gasteiger partial charge in [-0.05, 0) is 57.4 Å². The first-order valence-corrected chi connectivity index (χ1v) is 12.4. The van der Waals surface area contributed by atoms with Gasteiger partial charge in [-0.3, -0.25) is 9.59 Å². The first-order chi connectivity index (χ1) is 17.0. The summed E-state index contributed by atoms with van der Waals surface area (Å²) in [6.45, 7) is 6.97. The number of benzene rings is 1. The van der Waals surface area contributed by atoms with Gasteiger partial charge in [0.2, 0.25) is 5.91 Å². The first kappa shape index (κ1) is 23.1. The number of amides is 2. The maximum Gasteiger partial charge on any atom is 0.252 e. The Morgan fingerprint density at radius 2 is 1.83 bits per heavy atom. The van der Waals surface area contributed by atoms with E-state index < -0.39 is 0 Å². The summed E-state index contributed by atoms with van der Waals surface area (Å²) in [6, 6.07) is 7.52. The van der Waals surface area contributed by atoms with Gasteiger partial charge in [-0.15, -0.1) is 0 Å². The third kappa shape index (κ3) is 4.80. The molecule has 1 aromatic carbocycles. The van der Waals surface area contributed by atoms with Crippen molar-refractivity contribution in [1.29, 1.82) is 0 Å². The SMILES string of the molecule is CC(C)n1ncc2c(C(=O)NCCC(=O)N3CCCCC3)cc(-c3ccc4c(c3)OCCO4)nc21. The Morgan fingerprint density at radius 1 is 1.06 bits per heavy atom. The minimum atomic E-state index is -0.244. The summed E-state index contributed by atoms with van der Waals surface area (Å²) >= 11 is 0. The number of nitrogens with zero attached hydrogens (tertiary/aromatic N) is 4. The molecule has 0 unspecified atom stereocenters. The highest BCUT2D eigenvalue weighted by Crippen LogP contribution is 2.35. The van der Waals surface area contributed by atoms with Gasteiger partial charge in [0.05, 0.1) is 22.8 Å². The van der Waals surface area contributed by atoms with E-state index in [1.54, 1.807) is 12.3 Å². The summed E-state index contributed by atoms with van der Waals surface area (Å²) in [6.07, 6.45) is 5.25. The van der Waals surface area contributed by atoms with Gasteiger partial charge >= 0.3 is 0 Å². The van der Waals surface area contributed by atoms with Crippen molar-refractivity contribution in [1.82, 2.24) is 25.0 Å². The zero-order valence-electron chi connectivity index (χ0n) is 20.2. The van der Waals surface area contributed by atoms with Crippen LogP contribution in [0.4, 0.5) is 0 Å². The highest BCUT2D eigenvalue weighted by atomic mass is 16.6. The number of aromatic nitrogens is 3. The van der Waals surface area contributed by atoms with Gasteiger partial charge in [-0.25, -0.2) is 9.67 Å². The van der Waals surface area contributed by atoms with Crippen LogP contribution >= 0.6 is 0 Å². The van der Waals surface area contributed by atoms with E-state index in [4.69, 9.17) is 14.5 Å². The molecule has 0 aliphatic carbocycles. The quantitative estimate of drug-likeness (QED) is 0.583. The van der Waals surface area contributed by atoms with E-state index in [0.29, 0.717) is 53.4 Å². The Balaban J connectivity index is 1.41. The molecule has 1 N–H and O–H groups in total. The molecule has 0 atom stereocenters. The van der Waals surface area contributed by atoms with Crippen molar-refractivity contribution in [2.75, 3.05) is 32.8 Å². The van der Waals surface area contributed by atoms with Crippen LogP contribution in [0.3, 0.4) is 0 Å². The predicted octanol–water partition coefficient (Wildman–Crippen LogP) is 3.58. The fourth-order valence-corrected chi connectivity index (χ4v) is 4.61. The number of hydrogen-bond donors (Lipinski definition) is 1. The van der Waals surface area contributed by atoms with Gasteiger partial charge in [0.15, 0.2) is 17.1 Å². The van der Waals surface area contributed by atoms with Crippen LogP contribution in [0, 0.1) is 0 Å². The van der Waals surface area contributed by atoms with E-state index in [0.717, 1.165) is 31.5 Å². The monoisotopic (exact) mass is 477 g/mol. The van der Waals surface area contributed by atoms with E-state index in [1.165, 1.54) is 6.42 Å². The highest BCUT2D eigenvalue weighted by Gasteiger charge is 2.21. The molecule has 2 aromatic heterocycles. The second-order valence-corrected chi connectivity index (χ2v) is 9.28. The number of carbonyl (C=O) groups excluding carboxylic acids is 2. The number of nitrogens with one attached hydrogen (secondary N) is 1. The molecule has 5 rings (SSSR count). The fourth-order valence-electron chi connectivity index (χ4n) is 4.61. The summed E-state index contributed by atoms with van der Waals surface area (Å²) in [4.78, 5) is 32.5. The normalized spacial score (nSPS) is 15.5. The molecule has 4 heterocycles. The third-order valence-corrected chi connectivity index (χ3v) is 6.47. The van der Waals surface area contributed by atoms with Gasteiger partial charge < -0.3 is 19.7 Å². The largest absolute Gasteiger partial charge is 0.486 e. The maximum absolute atomic E-state index is 13.3. The topological polar surface area (TPSA) is 98.6 Å². The number of ether oxygens (including phenoxy) is 2. The molecule has 1 fully saturated rings. The van der Waals surface area contributed by atoms with Crippen LogP contribution in [0.25, 0.3) is 22.3 Å². The molecule has 2 aliphatic rings. The summed E-state index contributed by atoms with van der Waals surface area (Å²) in [7, 11) is 0. The lowest BCUT2D eigenvalue weighted by atomic mass is 10.1. The lowest BCUT2D eigenvalue weighted by Crippen LogP contribution is -2.37. The molecule has 9 heteroatoms. The lowest BCUT2D eigenvalue weighted by Gasteiger charge is -2.26. The number of piperidine rings is 1. The second kappa shape index (κ2) is 9.93. The Bertz CT molecular complexity index is 1250. The van der Waals surface area contributed by atoms with Crippen molar-refractivity contribution in [3.63, 3.8) is 0 Å². The van der Waals surface area contributed by atoms with Crippen molar-refractivity contribution in [3.05, 3.63) is 36.0 Å². The van der Waals surface area contributed by atoms with E-state index in [1.807, 2.05) is 41.6 Å². The molecule has 2 aliphatic heterocycles. The van der Waals surface area contributed by atoms with E-state index in [9.17, 15) is 9.59 Å². The van der Waals surface area contributed by atoms with E-state index in [-0.39, 0.29) is 24.4 Å². The van der Waals surface area contributed by atoms with Crippen LogP contribution in [0.1, 0.15) is 55.9 Å². The van der Waals surface area contributed by atoms with Gasteiger partial charge in [0.1, 0.15) is 13.2 Å². The van der Waals surface area contributed by atoms with Gasteiger partial charge in [0.25, 0.3) is 5.91 Å². The van der Waals surface area contributed by atoms with E-state index >= 15 is 0 Å². The average Bonchev–Trinajstić information content (AvgIpc) is 3.32. The number of carbonyl (C=O) groups is 2. The zero-order chi connectivity index (χ0) is 24.4. The fraction of sp³-hybridized carbons (Fsp3) is 0.462. The molecule has 0 bridgehead atoms. The van der Waals surface area contributed by atoms with Crippen molar-refractivity contribution < 1.29 is 19.1 Å². The minimum Gasteiger partial charge on any atom is -0.486 e. The van der Waals surface area contributed by atoms with Gasteiger partial charge in [0, 0.05) is 37.7 Å². The Morgan fingerprint density at radius 3 is 2.60 bits per heavy atom. The zero-order valence-corrected chi connectivity index (χ0v) is 20.2. The molecule has 9 nitrogen and oxygen atoms in total. The van der Waals surface area contributed by atoms with E-state index in [2.05, 4.69) is 10.4 Å². The second-order valence-electron chi connectivity index (χ2n) is 9.28. The number of hydrogen-bond acceptors (Lipinski definition) is 6. The summed E-state index contributed by atoms with van der Waals surface area (Å²) in [5, 5.41) is 8.09. The van der Waals surface area contributed by atoms with Crippen LogP contribution in [-0.4, -0.2) is 64.3 Å². The van der Waals surface area contributed by atoms with Gasteiger partial charge in [-0.1, -0.05) is 0 Å². The van der Waals surface area contributed by atoms with Crippen LogP contribution < -0.4 is 14.8 Å². The lowest BCUT2D eigenvalue weighted by molar-refractivity contribution is -0.131. The number of likely N-dealkylation sites (tertiary alicyclic amines) is 1. The molecule has 2 amide bonds. The van der Waals surface area contributed by atoms with Crippen LogP contribution in [0.15, 0.2) is 30.5 Å². The predicted molar refractivity (Wildman–Crippen MR) is 132 cm³/mol. The van der Waals surface area contributed by atoms with Crippen molar-refractivity contribution in [3.8, 4) is 22.8 Å². The maximum atomic E-state index is 13.3.